The smallest absolute Gasteiger partial charge is 1.00 e. The maximum atomic E-state index is 8.74. The first-order chi connectivity index (χ1) is 2.00. The van der Waals surface area contributed by atoms with Gasteiger partial charge in [-0.25, -0.2) is 0 Å². The van der Waals surface area contributed by atoms with E-state index in [9.17, 15) is 0 Å². The molecule has 0 radical (unpaired) electrons. The summed E-state index contributed by atoms with van der Waals surface area (Å²) in [6.45, 7) is 0. The van der Waals surface area contributed by atoms with E-state index < -0.39 is 10.4 Å². The van der Waals surface area contributed by atoms with Crippen molar-refractivity contribution in [1.29, 1.82) is 0 Å². The molecule has 12 heteroatoms. The van der Waals surface area contributed by atoms with Crippen molar-refractivity contribution in [3.63, 3.8) is 0 Å². The van der Waals surface area contributed by atoms with Crippen LogP contribution in [0.3, 0.4) is 0 Å². The monoisotopic (exact) mass is 356 g/mol. The Morgan fingerprint density at radius 2 is 0.750 bits per heavy atom. The van der Waals surface area contributed by atoms with Gasteiger partial charge in [0.2, 0.25) is 0 Å². The molecule has 0 aromatic rings. The van der Waals surface area contributed by atoms with Crippen LogP contribution in [0.4, 0.5) is 0 Å². The summed E-state index contributed by atoms with van der Waals surface area (Å²) in [5.74, 6) is 0. The minimum atomic E-state index is -4.67. The second-order valence-electron chi connectivity index (χ2n) is 0.448. The molecule has 0 aromatic heterocycles. The standard InChI is InChI=1S/3Al.4Ca.H2O4S.17H/c;;;;;;;1-5(2,3)4;;;;;;;;;;;;;;;;;/h;;;;;;;(H2,1,2,3,4);;;;;;;;;;;;;;;;;/q;;;4*+2;;;;;;;;;;;8*-1. The predicted molar refractivity (Wildman–Crippen MR) is 75.9 cm³/mol. The van der Waals surface area contributed by atoms with E-state index in [2.05, 4.69) is 0 Å². The third kappa shape index (κ3) is 93.8. The molecule has 0 aliphatic heterocycles. The van der Waals surface area contributed by atoms with Crippen molar-refractivity contribution in [1.82, 2.24) is 0 Å². The van der Waals surface area contributed by atoms with Crippen molar-refractivity contribution in [3.8, 4) is 0 Å². The van der Waals surface area contributed by atoms with Gasteiger partial charge < -0.3 is 11.4 Å². The van der Waals surface area contributed by atoms with Gasteiger partial charge >= 0.3 is 161 Å². The van der Waals surface area contributed by atoms with Gasteiger partial charge in [-0.15, -0.1) is 0 Å². The Morgan fingerprint density at radius 3 is 0.750 bits per heavy atom. The summed E-state index contributed by atoms with van der Waals surface area (Å²) in [5.41, 5.74) is 0. The van der Waals surface area contributed by atoms with Crippen molar-refractivity contribution in [2.24, 2.45) is 0 Å². The van der Waals surface area contributed by atoms with E-state index in [1.165, 1.54) is 0 Å². The molecule has 2 N–H and O–H groups in total. The zero-order chi connectivity index (χ0) is 4.50. The molecular weight excluding hydrogens is 337 g/mol. The van der Waals surface area contributed by atoms with E-state index in [1.807, 2.05) is 0 Å². The van der Waals surface area contributed by atoms with Crippen LogP contribution in [0.2, 0.25) is 0 Å². The zero-order valence-electron chi connectivity index (χ0n) is 12.9. The van der Waals surface area contributed by atoms with E-state index in [0.717, 1.165) is 0 Å². The molecule has 12 heavy (non-hydrogen) atoms. The molecule has 0 atom stereocenters. The maximum absolute atomic E-state index is 8.74. The van der Waals surface area contributed by atoms with Crippen LogP contribution in [-0.2, 0) is 10.4 Å². The molecular formula is H19Al3Ca4O4S. The molecule has 0 aliphatic carbocycles. The Balaban J connectivity index is -0.000000000762. The molecule has 0 aromatic carbocycles. The Labute approximate surface area is 236 Å². The first-order valence-electron chi connectivity index (χ1n) is 0.698. The van der Waals surface area contributed by atoms with Gasteiger partial charge in [0.25, 0.3) is 0 Å². The van der Waals surface area contributed by atoms with Gasteiger partial charge in [-0.05, 0) is 0 Å². The molecule has 0 saturated heterocycles. The fourth-order valence-corrected chi connectivity index (χ4v) is 0. The first-order valence-corrected chi connectivity index (χ1v) is 2.10. The van der Waals surface area contributed by atoms with Crippen LogP contribution < -0.4 is 0 Å². The summed E-state index contributed by atoms with van der Waals surface area (Å²) in [5, 5.41) is 0. The molecule has 0 amide bonds. The Morgan fingerprint density at radius 1 is 0.750 bits per heavy atom. The summed E-state index contributed by atoms with van der Waals surface area (Å²) < 4.78 is 31.6. The van der Waals surface area contributed by atoms with Crippen LogP contribution in [0.15, 0.2) is 0 Å². The van der Waals surface area contributed by atoms with Crippen LogP contribution >= 0.6 is 0 Å². The molecule has 0 spiro atoms. The summed E-state index contributed by atoms with van der Waals surface area (Å²) in [6, 6.07) is 0. The van der Waals surface area contributed by atoms with Crippen molar-refractivity contribution in [3.05, 3.63) is 0 Å². The fourth-order valence-electron chi connectivity index (χ4n) is 0. The molecule has 0 aliphatic rings. The van der Waals surface area contributed by atoms with Gasteiger partial charge in [0.15, 0.2) is 52.1 Å². The second kappa shape index (κ2) is 30.5. The molecule has 0 saturated carbocycles. The number of hydrogen-bond acceptors (Lipinski definition) is 2. The summed E-state index contributed by atoms with van der Waals surface area (Å²) >= 11 is 0. The van der Waals surface area contributed by atoms with Crippen molar-refractivity contribution in [2.75, 3.05) is 0 Å². The SMILES string of the molecule is O=S(=O)(O)O.[AlH3].[AlH3].[AlH3].[Ca+2].[Ca+2].[Ca+2].[Ca+2].[H-].[H-].[H-].[H-].[H-].[H-].[H-].[H-]. The summed E-state index contributed by atoms with van der Waals surface area (Å²) in [4.78, 5) is 0. The van der Waals surface area contributed by atoms with Gasteiger partial charge in [0.1, 0.15) is 0 Å². The average Bonchev–Trinajstić information content (AvgIpc) is 0.722. The minimum absolute atomic E-state index is 0. The summed E-state index contributed by atoms with van der Waals surface area (Å²) in [7, 11) is -4.67. The Hall–Kier alpha value is 6.51. The van der Waals surface area contributed by atoms with Crippen LogP contribution in [-0.4, -0.2) is 221 Å². The van der Waals surface area contributed by atoms with Gasteiger partial charge in [0.05, 0.1) is 0 Å². The topological polar surface area (TPSA) is 74.6 Å². The van der Waals surface area contributed by atoms with Gasteiger partial charge in [-0.3, -0.25) is 9.11 Å². The maximum Gasteiger partial charge on any atom is 2.00 e. The van der Waals surface area contributed by atoms with Crippen LogP contribution in [0, 0.1) is 0 Å². The van der Waals surface area contributed by atoms with Crippen molar-refractivity contribution >= 4 is 213 Å². The quantitative estimate of drug-likeness (QED) is 0.337. The molecule has 0 unspecified atom stereocenters. The van der Waals surface area contributed by atoms with Crippen LogP contribution in [0.5, 0.6) is 0 Å². The predicted octanol–water partition coefficient (Wildman–Crippen LogP) is -4.83. The largest absolute Gasteiger partial charge is 2.00 e. The van der Waals surface area contributed by atoms with E-state index >= 15 is 0 Å². The molecule has 66 valence electrons. The van der Waals surface area contributed by atoms with E-state index in [0.29, 0.717) is 0 Å². The van der Waals surface area contributed by atoms with E-state index in [1.54, 1.807) is 0 Å². The van der Waals surface area contributed by atoms with Gasteiger partial charge in [-0.2, -0.15) is 8.42 Å². The Kier molecular flexibility index (Phi) is 131. The number of rotatable bonds is 0. The first kappa shape index (κ1) is 51.4. The Bertz CT molecular complexity index is 125. The van der Waals surface area contributed by atoms with Gasteiger partial charge in [0, 0.05) is 0 Å². The zero-order valence-corrected chi connectivity index (χ0v) is 14.6. The second-order valence-corrected chi connectivity index (χ2v) is 1.34. The van der Waals surface area contributed by atoms with Gasteiger partial charge in [-0.1, -0.05) is 0 Å². The van der Waals surface area contributed by atoms with E-state index in [-0.39, 0.29) is 214 Å². The molecule has 0 bridgehead atoms. The molecule has 4 nitrogen and oxygen atoms in total. The van der Waals surface area contributed by atoms with Crippen molar-refractivity contribution in [2.45, 2.75) is 0 Å². The van der Waals surface area contributed by atoms with E-state index in [4.69, 9.17) is 17.5 Å². The minimum Gasteiger partial charge on any atom is -1.00 e. The third-order valence-electron chi connectivity index (χ3n) is 0. The normalized spacial score (nSPS) is 4.83. The number of hydrogen-bond donors (Lipinski definition) is 2. The average molecular weight is 356 g/mol. The molecule has 0 fully saturated rings. The molecule has 0 heterocycles. The molecule has 0 rings (SSSR count). The van der Waals surface area contributed by atoms with Crippen molar-refractivity contribution < 1.29 is 28.9 Å². The fraction of sp³-hybridized carbons (Fsp3) is 0. The van der Waals surface area contributed by atoms with Crippen LogP contribution in [0.1, 0.15) is 11.4 Å². The van der Waals surface area contributed by atoms with Crippen LogP contribution in [0.25, 0.3) is 0 Å². The summed E-state index contributed by atoms with van der Waals surface area (Å²) in [6.07, 6.45) is 0. The third-order valence-corrected chi connectivity index (χ3v) is 0.